The third kappa shape index (κ3) is 2.74. The molecule has 1 rings (SSSR count). The number of aliphatic imine (C=N–C) groups is 1. The van der Waals surface area contributed by atoms with Crippen LogP contribution >= 0.6 is 0 Å². The summed E-state index contributed by atoms with van der Waals surface area (Å²) in [6.07, 6.45) is 2.83. The van der Waals surface area contributed by atoms with E-state index in [0.717, 1.165) is 0 Å². The van der Waals surface area contributed by atoms with Gasteiger partial charge in [-0.3, -0.25) is 0 Å². The Hall–Kier alpha value is -1.32. The van der Waals surface area contributed by atoms with Crippen molar-refractivity contribution in [1.82, 2.24) is 0 Å². The summed E-state index contributed by atoms with van der Waals surface area (Å²) in [5.41, 5.74) is 0. The second kappa shape index (κ2) is 4.54. The van der Waals surface area contributed by atoms with E-state index in [1.807, 2.05) is 0 Å². The average Bonchev–Trinajstić information content (AvgIpc) is 2.53. The Morgan fingerprint density at radius 3 is 3.25 bits per heavy atom. The predicted molar refractivity (Wildman–Crippen MR) is 44.0 cm³/mol. The third-order valence-corrected chi connectivity index (χ3v) is 1.26. The molecule has 4 heteroatoms. The molecule has 0 atom stereocenters. The van der Waals surface area contributed by atoms with Crippen molar-refractivity contribution in [3.8, 4) is 0 Å². The Morgan fingerprint density at radius 2 is 2.67 bits per heavy atom. The summed E-state index contributed by atoms with van der Waals surface area (Å²) in [7, 11) is 0. The first-order valence-corrected chi connectivity index (χ1v) is 3.85. The molecule has 12 heavy (non-hydrogen) atoms. The molecule has 0 spiro atoms. The molecule has 0 aromatic carbocycles. The Balaban J connectivity index is 2.33. The van der Waals surface area contributed by atoms with E-state index in [2.05, 4.69) is 9.73 Å². The third-order valence-electron chi connectivity index (χ3n) is 1.26. The van der Waals surface area contributed by atoms with E-state index in [9.17, 15) is 4.79 Å². The number of hydrogen-bond donors (Lipinski definition) is 0. The van der Waals surface area contributed by atoms with Crippen molar-refractivity contribution in [3.63, 3.8) is 0 Å². The standard InChI is InChI=1S/C8H11NO3/c1-2-11-8(10)4-3-7-9-5-6-12-7/h3-4H,2,5-6H2,1H3/b4-3+. The molecule has 0 N–H and O–H groups in total. The normalized spacial score (nSPS) is 15.9. The summed E-state index contributed by atoms with van der Waals surface area (Å²) in [4.78, 5) is 14.7. The van der Waals surface area contributed by atoms with Crippen LogP contribution in [0.25, 0.3) is 0 Å². The number of ether oxygens (including phenoxy) is 2. The average molecular weight is 169 g/mol. The molecule has 1 heterocycles. The van der Waals surface area contributed by atoms with Gasteiger partial charge in [0.15, 0.2) is 0 Å². The van der Waals surface area contributed by atoms with Crippen LogP contribution in [0.15, 0.2) is 17.1 Å². The van der Waals surface area contributed by atoms with E-state index < -0.39 is 0 Å². The summed E-state index contributed by atoms with van der Waals surface area (Å²) in [5, 5.41) is 0. The molecular weight excluding hydrogens is 158 g/mol. The van der Waals surface area contributed by atoms with Crippen molar-refractivity contribution in [2.75, 3.05) is 19.8 Å². The number of nitrogens with zero attached hydrogens (tertiary/aromatic N) is 1. The number of carbonyl (C=O) groups is 1. The van der Waals surface area contributed by atoms with Crippen molar-refractivity contribution < 1.29 is 14.3 Å². The van der Waals surface area contributed by atoms with Crippen molar-refractivity contribution in [1.29, 1.82) is 0 Å². The Morgan fingerprint density at radius 1 is 1.83 bits per heavy atom. The highest BCUT2D eigenvalue weighted by atomic mass is 16.5. The molecule has 0 fully saturated rings. The van der Waals surface area contributed by atoms with Gasteiger partial charge in [-0.05, 0) is 6.92 Å². The first-order chi connectivity index (χ1) is 5.83. The molecule has 0 aliphatic carbocycles. The maximum atomic E-state index is 10.8. The van der Waals surface area contributed by atoms with Crippen molar-refractivity contribution >= 4 is 11.9 Å². The number of carbonyl (C=O) groups excluding carboxylic acids is 1. The van der Waals surface area contributed by atoms with E-state index in [-0.39, 0.29) is 5.97 Å². The summed E-state index contributed by atoms with van der Waals surface area (Å²) < 4.78 is 9.70. The second-order valence-electron chi connectivity index (χ2n) is 2.15. The Bertz CT molecular complexity index is 220. The highest BCUT2D eigenvalue weighted by Gasteiger charge is 2.03. The lowest BCUT2D eigenvalue weighted by molar-refractivity contribution is -0.137. The predicted octanol–water partition coefficient (Wildman–Crippen LogP) is 0.534. The maximum Gasteiger partial charge on any atom is 0.330 e. The largest absolute Gasteiger partial charge is 0.476 e. The summed E-state index contributed by atoms with van der Waals surface area (Å²) in [5.74, 6) is 0.138. The molecule has 0 aromatic rings. The van der Waals surface area contributed by atoms with E-state index in [4.69, 9.17) is 4.74 Å². The highest BCUT2D eigenvalue weighted by molar-refractivity contribution is 5.95. The quantitative estimate of drug-likeness (QED) is 0.457. The fraction of sp³-hybridized carbons (Fsp3) is 0.500. The van der Waals surface area contributed by atoms with Crippen LogP contribution in [0, 0.1) is 0 Å². The van der Waals surface area contributed by atoms with Crippen LogP contribution in [-0.2, 0) is 14.3 Å². The van der Waals surface area contributed by atoms with Gasteiger partial charge in [0.25, 0.3) is 0 Å². The minimum absolute atomic E-state index is 0.365. The van der Waals surface area contributed by atoms with Crippen molar-refractivity contribution in [3.05, 3.63) is 12.2 Å². The topological polar surface area (TPSA) is 47.9 Å². The minimum atomic E-state index is -0.365. The lowest BCUT2D eigenvalue weighted by Crippen LogP contribution is -2.01. The fourth-order valence-corrected chi connectivity index (χ4v) is 0.782. The van der Waals surface area contributed by atoms with Crippen LogP contribution < -0.4 is 0 Å². The number of hydrogen-bond acceptors (Lipinski definition) is 4. The maximum absolute atomic E-state index is 10.8. The summed E-state index contributed by atoms with van der Waals surface area (Å²) in [6.45, 7) is 3.41. The van der Waals surface area contributed by atoms with Crippen molar-refractivity contribution in [2.45, 2.75) is 6.92 Å². The summed E-state index contributed by atoms with van der Waals surface area (Å²) >= 11 is 0. The van der Waals surface area contributed by atoms with Gasteiger partial charge in [0.05, 0.1) is 13.2 Å². The zero-order valence-corrected chi connectivity index (χ0v) is 6.95. The van der Waals surface area contributed by atoms with Crippen molar-refractivity contribution in [2.24, 2.45) is 4.99 Å². The molecule has 1 aliphatic rings. The van der Waals surface area contributed by atoms with Crippen LogP contribution in [0.2, 0.25) is 0 Å². The smallest absolute Gasteiger partial charge is 0.330 e. The molecule has 66 valence electrons. The molecule has 0 saturated heterocycles. The van der Waals surface area contributed by atoms with Gasteiger partial charge in [-0.2, -0.15) is 0 Å². The molecule has 0 amide bonds. The van der Waals surface area contributed by atoms with Gasteiger partial charge in [0, 0.05) is 12.2 Å². The van der Waals surface area contributed by atoms with Crippen LogP contribution in [-0.4, -0.2) is 31.6 Å². The van der Waals surface area contributed by atoms with Gasteiger partial charge >= 0.3 is 5.97 Å². The van der Waals surface area contributed by atoms with Crippen LogP contribution in [0.1, 0.15) is 6.92 Å². The lowest BCUT2D eigenvalue weighted by atomic mass is 10.5. The highest BCUT2D eigenvalue weighted by Crippen LogP contribution is 1.95. The monoisotopic (exact) mass is 169 g/mol. The zero-order valence-electron chi connectivity index (χ0n) is 6.95. The minimum Gasteiger partial charge on any atom is -0.476 e. The first-order valence-electron chi connectivity index (χ1n) is 3.85. The van der Waals surface area contributed by atoms with Gasteiger partial charge in [-0.1, -0.05) is 0 Å². The molecule has 0 saturated carbocycles. The molecular formula is C8H11NO3. The van der Waals surface area contributed by atoms with Crippen LogP contribution in [0.4, 0.5) is 0 Å². The molecule has 0 aromatic heterocycles. The molecule has 1 aliphatic heterocycles. The van der Waals surface area contributed by atoms with Crippen LogP contribution in [0.5, 0.6) is 0 Å². The number of esters is 1. The fourth-order valence-electron chi connectivity index (χ4n) is 0.782. The SMILES string of the molecule is CCOC(=O)/C=C/C1=NCCO1. The molecule has 0 radical (unpaired) electrons. The van der Waals surface area contributed by atoms with Gasteiger partial charge in [-0.25, -0.2) is 9.79 Å². The van der Waals surface area contributed by atoms with Gasteiger partial charge in [0.2, 0.25) is 5.90 Å². The van der Waals surface area contributed by atoms with Gasteiger partial charge in [0.1, 0.15) is 6.61 Å². The van der Waals surface area contributed by atoms with Crippen LogP contribution in [0.3, 0.4) is 0 Å². The first kappa shape index (κ1) is 8.77. The summed E-state index contributed by atoms with van der Waals surface area (Å²) in [6, 6.07) is 0. The number of rotatable bonds is 3. The van der Waals surface area contributed by atoms with E-state index >= 15 is 0 Å². The molecule has 0 bridgehead atoms. The van der Waals surface area contributed by atoms with E-state index in [0.29, 0.717) is 25.7 Å². The molecule has 4 nitrogen and oxygen atoms in total. The Labute approximate surface area is 70.9 Å². The van der Waals surface area contributed by atoms with Gasteiger partial charge in [-0.15, -0.1) is 0 Å². The lowest BCUT2D eigenvalue weighted by Gasteiger charge is -1.94. The second-order valence-corrected chi connectivity index (χ2v) is 2.15. The zero-order chi connectivity index (χ0) is 8.81. The Kier molecular flexibility index (Phi) is 3.32. The molecule has 0 unspecified atom stereocenters. The van der Waals surface area contributed by atoms with E-state index in [1.54, 1.807) is 6.92 Å². The van der Waals surface area contributed by atoms with Gasteiger partial charge < -0.3 is 9.47 Å². The van der Waals surface area contributed by atoms with E-state index in [1.165, 1.54) is 12.2 Å².